The molecule has 0 aliphatic carbocycles. The summed E-state index contributed by atoms with van der Waals surface area (Å²) in [5.74, 6) is -0.602. The van der Waals surface area contributed by atoms with Gasteiger partial charge >= 0.3 is 0 Å². The van der Waals surface area contributed by atoms with Crippen LogP contribution in [0.1, 0.15) is 13.3 Å². The molecule has 0 aliphatic rings. The average molecular weight is 301 g/mol. The Morgan fingerprint density at radius 3 is 2.85 bits per heavy atom. The fraction of sp³-hybridized carbons (Fsp3) is 0.357. The topological polar surface area (TPSA) is 50.4 Å². The summed E-state index contributed by atoms with van der Waals surface area (Å²) in [4.78, 5) is 11.6. The Balaban J connectivity index is 2.39. The maximum absolute atomic E-state index is 13.2. The SMILES string of the molecule is C=C(CC(C)NC(=O)COc1ccc(Cl)c(F)c1)NC. The number of carbonyl (C=O) groups is 1. The molecule has 1 aromatic carbocycles. The van der Waals surface area contributed by atoms with Crippen LogP contribution in [0.5, 0.6) is 5.75 Å². The second-order valence-electron chi connectivity index (χ2n) is 4.39. The molecule has 0 heterocycles. The summed E-state index contributed by atoms with van der Waals surface area (Å²) in [6.45, 7) is 5.46. The van der Waals surface area contributed by atoms with E-state index < -0.39 is 5.82 Å². The first-order chi connectivity index (χ1) is 9.42. The van der Waals surface area contributed by atoms with Crippen LogP contribution in [0, 0.1) is 5.82 Å². The predicted molar refractivity (Wildman–Crippen MR) is 77.3 cm³/mol. The van der Waals surface area contributed by atoms with Crippen LogP contribution in [0.2, 0.25) is 5.02 Å². The van der Waals surface area contributed by atoms with Crippen molar-refractivity contribution < 1.29 is 13.9 Å². The van der Waals surface area contributed by atoms with E-state index in [0.717, 1.165) is 11.8 Å². The Morgan fingerprint density at radius 2 is 2.25 bits per heavy atom. The minimum atomic E-state index is -0.580. The molecule has 0 spiro atoms. The van der Waals surface area contributed by atoms with Gasteiger partial charge in [0.05, 0.1) is 5.02 Å². The Bertz CT molecular complexity index is 494. The normalized spacial score (nSPS) is 11.6. The van der Waals surface area contributed by atoms with Gasteiger partial charge in [-0.2, -0.15) is 0 Å². The van der Waals surface area contributed by atoms with E-state index in [2.05, 4.69) is 17.2 Å². The molecule has 0 fully saturated rings. The summed E-state index contributed by atoms with van der Waals surface area (Å²) in [6.07, 6.45) is 0.623. The maximum atomic E-state index is 13.2. The van der Waals surface area contributed by atoms with Crippen molar-refractivity contribution in [3.63, 3.8) is 0 Å². The molecule has 1 atom stereocenters. The van der Waals surface area contributed by atoms with Crippen molar-refractivity contribution >= 4 is 17.5 Å². The van der Waals surface area contributed by atoms with Crippen molar-refractivity contribution in [3.05, 3.63) is 41.3 Å². The fourth-order valence-corrected chi connectivity index (χ4v) is 1.67. The highest BCUT2D eigenvalue weighted by Gasteiger charge is 2.09. The third-order valence-electron chi connectivity index (χ3n) is 2.57. The fourth-order valence-electron chi connectivity index (χ4n) is 1.55. The van der Waals surface area contributed by atoms with Gasteiger partial charge in [0.2, 0.25) is 0 Å². The van der Waals surface area contributed by atoms with E-state index in [4.69, 9.17) is 16.3 Å². The van der Waals surface area contributed by atoms with Gasteiger partial charge in [0.15, 0.2) is 6.61 Å². The van der Waals surface area contributed by atoms with Gasteiger partial charge in [0.1, 0.15) is 11.6 Å². The Morgan fingerprint density at radius 1 is 1.55 bits per heavy atom. The van der Waals surface area contributed by atoms with E-state index in [1.165, 1.54) is 12.1 Å². The lowest BCUT2D eigenvalue weighted by Crippen LogP contribution is -2.37. The summed E-state index contributed by atoms with van der Waals surface area (Å²) in [7, 11) is 1.77. The van der Waals surface area contributed by atoms with Crippen LogP contribution in [0.25, 0.3) is 0 Å². The lowest BCUT2D eigenvalue weighted by molar-refractivity contribution is -0.123. The summed E-state index contributed by atoms with van der Waals surface area (Å²) in [6, 6.07) is 3.96. The molecule has 1 aromatic rings. The third-order valence-corrected chi connectivity index (χ3v) is 2.88. The zero-order valence-electron chi connectivity index (χ0n) is 11.5. The molecule has 0 radical (unpaired) electrons. The van der Waals surface area contributed by atoms with Gasteiger partial charge in [0.25, 0.3) is 5.91 Å². The first-order valence-corrected chi connectivity index (χ1v) is 6.53. The second-order valence-corrected chi connectivity index (χ2v) is 4.80. The molecule has 20 heavy (non-hydrogen) atoms. The van der Waals surface area contributed by atoms with E-state index in [-0.39, 0.29) is 29.3 Å². The van der Waals surface area contributed by atoms with Crippen LogP contribution in [0.15, 0.2) is 30.5 Å². The van der Waals surface area contributed by atoms with Crippen molar-refractivity contribution in [3.8, 4) is 5.75 Å². The number of ether oxygens (including phenoxy) is 1. The number of benzene rings is 1. The van der Waals surface area contributed by atoms with Gasteiger partial charge in [-0.05, 0) is 19.1 Å². The molecule has 4 nitrogen and oxygen atoms in total. The van der Waals surface area contributed by atoms with E-state index in [1.807, 2.05) is 6.92 Å². The Labute approximate surface area is 123 Å². The van der Waals surface area contributed by atoms with Crippen LogP contribution >= 0.6 is 11.6 Å². The summed E-state index contributed by atoms with van der Waals surface area (Å²) in [5.41, 5.74) is 0.832. The minimum Gasteiger partial charge on any atom is -0.484 e. The maximum Gasteiger partial charge on any atom is 0.258 e. The van der Waals surface area contributed by atoms with Gasteiger partial charge in [-0.1, -0.05) is 18.2 Å². The average Bonchev–Trinajstić information content (AvgIpc) is 2.39. The van der Waals surface area contributed by atoms with E-state index >= 15 is 0 Å². The highest BCUT2D eigenvalue weighted by molar-refractivity contribution is 6.30. The summed E-state index contributed by atoms with van der Waals surface area (Å²) < 4.78 is 18.4. The number of nitrogens with one attached hydrogen (secondary N) is 2. The molecule has 1 amide bonds. The number of halogens is 2. The number of hydrogen-bond donors (Lipinski definition) is 2. The van der Waals surface area contributed by atoms with Gasteiger partial charge in [0, 0.05) is 31.3 Å². The van der Waals surface area contributed by atoms with E-state index in [0.29, 0.717) is 6.42 Å². The van der Waals surface area contributed by atoms with Crippen LogP contribution in [0.3, 0.4) is 0 Å². The largest absolute Gasteiger partial charge is 0.484 e. The van der Waals surface area contributed by atoms with Crippen molar-refractivity contribution in [1.82, 2.24) is 10.6 Å². The summed E-state index contributed by atoms with van der Waals surface area (Å²) in [5, 5.41) is 5.68. The van der Waals surface area contributed by atoms with Crippen molar-refractivity contribution in [2.45, 2.75) is 19.4 Å². The van der Waals surface area contributed by atoms with E-state index in [9.17, 15) is 9.18 Å². The quantitative estimate of drug-likeness (QED) is 0.813. The van der Waals surface area contributed by atoms with Gasteiger partial charge in [-0.15, -0.1) is 0 Å². The first kappa shape index (κ1) is 16.3. The summed E-state index contributed by atoms with van der Waals surface area (Å²) >= 11 is 5.55. The molecular formula is C14H18ClFN2O2. The molecule has 1 unspecified atom stereocenters. The number of hydrogen-bond acceptors (Lipinski definition) is 3. The monoisotopic (exact) mass is 300 g/mol. The number of carbonyl (C=O) groups excluding carboxylic acids is 1. The zero-order chi connectivity index (χ0) is 15.1. The lowest BCUT2D eigenvalue weighted by Gasteiger charge is -2.15. The van der Waals surface area contributed by atoms with Crippen LogP contribution in [-0.2, 0) is 4.79 Å². The molecule has 6 heteroatoms. The number of rotatable bonds is 7. The van der Waals surface area contributed by atoms with Gasteiger partial charge < -0.3 is 15.4 Å². The van der Waals surface area contributed by atoms with E-state index in [1.54, 1.807) is 7.05 Å². The number of amides is 1. The predicted octanol–water partition coefficient (Wildman–Crippen LogP) is 2.49. The van der Waals surface area contributed by atoms with Crippen molar-refractivity contribution in [2.24, 2.45) is 0 Å². The Hall–Kier alpha value is -1.75. The van der Waals surface area contributed by atoms with Crippen molar-refractivity contribution in [1.29, 1.82) is 0 Å². The van der Waals surface area contributed by atoms with Gasteiger partial charge in [-0.3, -0.25) is 4.79 Å². The molecular weight excluding hydrogens is 283 g/mol. The zero-order valence-corrected chi connectivity index (χ0v) is 12.3. The highest BCUT2D eigenvalue weighted by Crippen LogP contribution is 2.20. The second kappa shape index (κ2) is 7.75. The highest BCUT2D eigenvalue weighted by atomic mass is 35.5. The molecule has 0 bridgehead atoms. The minimum absolute atomic E-state index is 0.0148. The molecule has 0 saturated heterocycles. The smallest absolute Gasteiger partial charge is 0.258 e. The van der Waals surface area contributed by atoms with Crippen LogP contribution in [-0.4, -0.2) is 25.6 Å². The third kappa shape index (κ3) is 5.48. The molecule has 2 N–H and O–H groups in total. The molecule has 110 valence electrons. The molecule has 1 rings (SSSR count). The first-order valence-electron chi connectivity index (χ1n) is 6.15. The Kier molecular flexibility index (Phi) is 6.31. The lowest BCUT2D eigenvalue weighted by atomic mass is 10.2. The van der Waals surface area contributed by atoms with Crippen molar-refractivity contribution in [2.75, 3.05) is 13.7 Å². The molecule has 0 aliphatic heterocycles. The van der Waals surface area contributed by atoms with Crippen LogP contribution in [0.4, 0.5) is 4.39 Å². The van der Waals surface area contributed by atoms with Gasteiger partial charge in [-0.25, -0.2) is 4.39 Å². The standard InChI is InChI=1S/C14H18ClFN2O2/c1-9(17-3)6-10(2)18-14(19)8-20-11-4-5-12(15)13(16)7-11/h4-5,7,10,17H,1,6,8H2,2-3H3,(H,18,19). The molecule has 0 aromatic heterocycles. The van der Waals surface area contributed by atoms with Crippen LogP contribution < -0.4 is 15.4 Å². The molecule has 0 saturated carbocycles.